The summed E-state index contributed by atoms with van der Waals surface area (Å²) in [5.41, 5.74) is 0. The molecule has 1 aliphatic rings. The van der Waals surface area contributed by atoms with Gasteiger partial charge in [0.2, 0.25) is 0 Å². The average Bonchev–Trinajstić information content (AvgIpc) is 3.76. The molecule has 1 fully saturated rings. The van der Waals surface area contributed by atoms with Crippen LogP contribution >= 0.6 is 0 Å². The Morgan fingerprint density at radius 2 is 0.985 bits per heavy atom. The van der Waals surface area contributed by atoms with E-state index >= 15 is 0 Å². The minimum Gasteiger partial charge on any atom is -0.468 e. The zero-order valence-electron chi connectivity index (χ0n) is 48.0. The first-order chi connectivity index (χ1) is 32.9. The number of rotatable bonds is 42. The number of nitrogens with zero attached hydrogens (tertiary/aromatic N) is 1. The molecule has 8 nitrogen and oxygen atoms in total. The largest absolute Gasteiger partial charge is 0.468 e. The van der Waals surface area contributed by atoms with Crippen LogP contribution in [-0.2, 0) is 33.4 Å². The monoisotopic (exact) mass is 968 g/mol. The summed E-state index contributed by atoms with van der Waals surface area (Å²) < 4.78 is 15.9. The van der Waals surface area contributed by atoms with Crippen LogP contribution in [0, 0.1) is 11.8 Å². The number of unbranched alkanes of at least 4 members (excludes halogenated alkanes) is 22. The molecule has 0 radical (unpaired) electrons. The van der Waals surface area contributed by atoms with Gasteiger partial charge in [0.05, 0.1) is 6.61 Å². The quantitative estimate of drug-likeness (QED) is 0.0258. The van der Waals surface area contributed by atoms with E-state index in [0.717, 1.165) is 95.7 Å². The van der Waals surface area contributed by atoms with Crippen molar-refractivity contribution in [3.8, 4) is 0 Å². The second-order valence-corrected chi connectivity index (χ2v) is 20.3. The molecule has 0 N–H and O–H groups in total. The summed E-state index contributed by atoms with van der Waals surface area (Å²) in [6, 6.07) is 0. The molecule has 2 atom stereocenters. The lowest BCUT2D eigenvalue weighted by molar-refractivity contribution is -0.150. The van der Waals surface area contributed by atoms with Crippen LogP contribution < -0.4 is 0 Å². The number of carbonyl (C=O) groups excluding carboxylic acids is 4. The van der Waals surface area contributed by atoms with Crippen molar-refractivity contribution in [2.75, 3.05) is 26.2 Å². The van der Waals surface area contributed by atoms with Crippen LogP contribution in [0.5, 0.6) is 0 Å². The van der Waals surface area contributed by atoms with Crippen molar-refractivity contribution in [1.29, 1.82) is 0 Å². The Morgan fingerprint density at radius 3 is 1.44 bits per heavy atom. The molecule has 0 bridgehead atoms. The lowest BCUT2D eigenvalue weighted by Gasteiger charge is -2.18. The number of carbonyl (C=O) groups is 4. The fraction of sp³-hybridized carbons (Fsp3) is 0.933. The summed E-state index contributed by atoms with van der Waals surface area (Å²) in [6.45, 7) is 29.5. The summed E-state index contributed by atoms with van der Waals surface area (Å²) in [7, 11) is 0. The van der Waals surface area contributed by atoms with Crippen LogP contribution in [0.3, 0.4) is 0 Å². The van der Waals surface area contributed by atoms with E-state index in [1.54, 1.807) is 6.92 Å². The Bertz CT molecular complexity index is 1000. The second-order valence-electron chi connectivity index (χ2n) is 20.3. The molecule has 0 spiro atoms. The van der Waals surface area contributed by atoms with Crippen LogP contribution in [-0.4, -0.2) is 67.5 Å². The average molecular weight is 969 g/mol. The maximum atomic E-state index is 12.2. The van der Waals surface area contributed by atoms with Gasteiger partial charge in [0.15, 0.2) is 0 Å². The Kier molecular flexibility index (Phi) is 65.3. The molecule has 0 aliphatic carbocycles. The summed E-state index contributed by atoms with van der Waals surface area (Å²) in [4.78, 5) is 46.8. The maximum absolute atomic E-state index is 12.2. The molecule has 0 amide bonds. The van der Waals surface area contributed by atoms with Gasteiger partial charge in [-0.05, 0) is 95.9 Å². The number of esters is 2. The standard InChI is InChI=1S/C24H46O4.C15H27NO3.C15H32.C4H10.C2H6/c1-3-5-7-9-11-14-18-23(19-15-12-10-8-6-4-2)28-24(26)20-16-13-17-21-27-22-25;1-3-7-15(18)19-14-9-11-16(12-14)10-6-4-5-8-13(2)17;1-4-6-7-8-9-10-11-12-13-14-15(3)5-2;1-4(2)3;1-2/h22-23H,3-21H2,1-2H3;14H,3-12H2,1-2H3;15H,4-14H2,1-3H3;4H,1-3H3;1-2H3. The van der Waals surface area contributed by atoms with Gasteiger partial charge in [-0.1, -0.05) is 217 Å². The predicted molar refractivity (Wildman–Crippen MR) is 295 cm³/mol. The van der Waals surface area contributed by atoms with Gasteiger partial charge in [-0.25, -0.2) is 0 Å². The van der Waals surface area contributed by atoms with E-state index in [2.05, 4.69) is 65.0 Å². The van der Waals surface area contributed by atoms with E-state index in [1.165, 1.54) is 148 Å². The minimum absolute atomic E-state index is 0.0572. The summed E-state index contributed by atoms with van der Waals surface area (Å²) in [5, 5.41) is 0. The van der Waals surface area contributed by atoms with Crippen LogP contribution in [0.15, 0.2) is 0 Å². The van der Waals surface area contributed by atoms with E-state index in [1.807, 2.05) is 20.8 Å². The van der Waals surface area contributed by atoms with Gasteiger partial charge in [-0.15, -0.1) is 0 Å². The number of Topliss-reactive ketones (excluding diaryl/α,β-unsaturated/α-hetero) is 1. The third kappa shape index (κ3) is 64.0. The normalized spacial score (nSPS) is 13.5. The van der Waals surface area contributed by atoms with Crippen LogP contribution in [0.4, 0.5) is 0 Å². The Balaban J connectivity index is -0.000000444. The molecule has 2 unspecified atom stereocenters. The molecule has 0 aromatic heterocycles. The highest BCUT2D eigenvalue weighted by Crippen LogP contribution is 2.19. The van der Waals surface area contributed by atoms with Crippen molar-refractivity contribution in [3.63, 3.8) is 0 Å². The van der Waals surface area contributed by atoms with Crippen LogP contribution in [0.25, 0.3) is 0 Å². The lowest BCUT2D eigenvalue weighted by Crippen LogP contribution is -2.25. The molecule has 8 heteroatoms. The van der Waals surface area contributed by atoms with Gasteiger partial charge in [-0.3, -0.25) is 19.3 Å². The third-order valence-corrected chi connectivity index (χ3v) is 12.3. The van der Waals surface area contributed by atoms with Gasteiger partial charge >= 0.3 is 11.9 Å². The fourth-order valence-electron chi connectivity index (χ4n) is 7.93. The van der Waals surface area contributed by atoms with Crippen LogP contribution in [0.2, 0.25) is 0 Å². The molecule has 0 saturated carbocycles. The van der Waals surface area contributed by atoms with Gasteiger partial charge in [-0.2, -0.15) is 0 Å². The van der Waals surface area contributed by atoms with Gasteiger partial charge in [0.25, 0.3) is 6.47 Å². The topological polar surface area (TPSA) is 99.2 Å². The first kappa shape index (κ1) is 72.6. The number of likely N-dealkylation sites (tertiary alicyclic amines) is 1. The zero-order chi connectivity index (χ0) is 51.7. The first-order valence-corrected chi connectivity index (χ1v) is 29.6. The Labute approximate surface area is 425 Å². The second kappa shape index (κ2) is 61.2. The smallest absolute Gasteiger partial charge is 0.306 e. The van der Waals surface area contributed by atoms with Crippen molar-refractivity contribution < 1.29 is 33.4 Å². The fourth-order valence-corrected chi connectivity index (χ4v) is 7.93. The summed E-state index contributed by atoms with van der Waals surface area (Å²) in [6.07, 6.45) is 42.7. The molecular formula is C60H121NO7. The highest BCUT2D eigenvalue weighted by Gasteiger charge is 2.24. The van der Waals surface area contributed by atoms with Crippen LogP contribution in [0.1, 0.15) is 314 Å². The molecule has 1 saturated heterocycles. The van der Waals surface area contributed by atoms with Gasteiger partial charge in [0, 0.05) is 32.4 Å². The molecule has 1 aliphatic heterocycles. The van der Waals surface area contributed by atoms with Crippen molar-refractivity contribution in [2.24, 2.45) is 11.8 Å². The summed E-state index contributed by atoms with van der Waals surface area (Å²) in [5.74, 6) is 1.95. The lowest BCUT2D eigenvalue weighted by atomic mass is 9.99. The molecule has 408 valence electrons. The number of hydrogen-bond donors (Lipinski definition) is 0. The van der Waals surface area contributed by atoms with Crippen molar-refractivity contribution in [3.05, 3.63) is 0 Å². The van der Waals surface area contributed by atoms with Crippen molar-refractivity contribution >= 4 is 24.2 Å². The Morgan fingerprint density at radius 1 is 0.544 bits per heavy atom. The molecule has 0 aromatic rings. The van der Waals surface area contributed by atoms with Crippen molar-refractivity contribution in [1.82, 2.24) is 4.90 Å². The maximum Gasteiger partial charge on any atom is 0.306 e. The van der Waals surface area contributed by atoms with E-state index in [9.17, 15) is 19.2 Å². The molecular weight excluding hydrogens is 847 g/mol. The number of ketones is 1. The highest BCUT2D eigenvalue weighted by atomic mass is 16.5. The third-order valence-electron chi connectivity index (χ3n) is 12.3. The number of hydrogen-bond acceptors (Lipinski definition) is 8. The van der Waals surface area contributed by atoms with Gasteiger partial charge < -0.3 is 19.0 Å². The van der Waals surface area contributed by atoms with E-state index in [0.29, 0.717) is 32.3 Å². The van der Waals surface area contributed by atoms with Crippen molar-refractivity contribution in [2.45, 2.75) is 326 Å². The molecule has 0 aromatic carbocycles. The van der Waals surface area contributed by atoms with E-state index in [4.69, 9.17) is 9.47 Å². The summed E-state index contributed by atoms with van der Waals surface area (Å²) >= 11 is 0. The zero-order valence-corrected chi connectivity index (χ0v) is 48.0. The Hall–Kier alpha value is -1.96. The van der Waals surface area contributed by atoms with E-state index < -0.39 is 0 Å². The molecule has 68 heavy (non-hydrogen) atoms. The predicted octanol–water partition coefficient (Wildman–Crippen LogP) is 18.3. The molecule has 1 rings (SSSR count). The van der Waals surface area contributed by atoms with Gasteiger partial charge in [0.1, 0.15) is 18.0 Å². The SMILES string of the molecule is CC.CC(C)C.CCCC(=O)OC1CCN(CCCCCC(C)=O)C1.CCCCCCCCC(CCCCCCCC)OC(=O)CCCCCOC=O.CCCCCCCCCCCC(C)CC. The minimum atomic E-state index is -0.0594. The molecule has 1 heterocycles. The number of ether oxygens (including phenoxy) is 3. The highest BCUT2D eigenvalue weighted by molar-refractivity contribution is 5.75. The van der Waals surface area contributed by atoms with E-state index in [-0.39, 0.29) is 29.9 Å². The first-order valence-electron chi connectivity index (χ1n) is 29.6.